The lowest BCUT2D eigenvalue weighted by Gasteiger charge is -2.43. The van der Waals surface area contributed by atoms with Gasteiger partial charge in [0.25, 0.3) is 0 Å². The number of carboxylic acids is 1. The Morgan fingerprint density at radius 2 is 1.45 bits per heavy atom. The highest BCUT2D eigenvalue weighted by Gasteiger charge is 2.42. The lowest BCUT2D eigenvalue weighted by Crippen LogP contribution is -2.60. The van der Waals surface area contributed by atoms with E-state index in [0.29, 0.717) is 29.5 Å². The summed E-state index contributed by atoms with van der Waals surface area (Å²) in [6, 6.07) is 23.6. The van der Waals surface area contributed by atoms with Gasteiger partial charge in [-0.3, -0.25) is 14.5 Å². The summed E-state index contributed by atoms with van der Waals surface area (Å²) in [6.45, 7) is 8.60. The maximum atomic E-state index is 13.5. The minimum Gasteiger partial charge on any atom is -0.485 e. The van der Waals surface area contributed by atoms with Gasteiger partial charge in [0.05, 0.1) is 17.1 Å². The number of benzene rings is 3. The van der Waals surface area contributed by atoms with Crippen LogP contribution in [-0.2, 0) is 20.9 Å². The minimum atomic E-state index is -1.15. The summed E-state index contributed by atoms with van der Waals surface area (Å²) in [5.74, 6) is 0.104. The number of carbonyl (C=O) groups excluding carboxylic acids is 2. The molecule has 0 bridgehead atoms. The summed E-state index contributed by atoms with van der Waals surface area (Å²) in [5, 5.41) is 9.82. The Kier molecular flexibility index (Phi) is 9.09. The van der Waals surface area contributed by atoms with Gasteiger partial charge in [0, 0.05) is 6.54 Å². The number of ether oxygens (including phenoxy) is 3. The molecule has 0 aromatic heterocycles. The second-order valence-electron chi connectivity index (χ2n) is 12.0. The van der Waals surface area contributed by atoms with Crippen molar-refractivity contribution in [2.75, 3.05) is 18.0 Å². The largest absolute Gasteiger partial charge is 0.485 e. The zero-order valence-corrected chi connectivity index (χ0v) is 24.7. The number of nitrogens with zero attached hydrogens (tertiary/aromatic N) is 2. The van der Waals surface area contributed by atoms with Gasteiger partial charge in [0.2, 0.25) is 5.91 Å². The zero-order chi connectivity index (χ0) is 30.5. The fourth-order valence-electron chi connectivity index (χ4n) is 4.66. The lowest BCUT2D eigenvalue weighted by atomic mass is 9.84. The average Bonchev–Trinajstić information content (AvgIpc) is 2.93. The number of hydrogen-bond acceptors (Lipinski definition) is 6. The molecule has 222 valence electrons. The summed E-state index contributed by atoms with van der Waals surface area (Å²) in [6.07, 6.45) is -0.541. The maximum Gasteiger partial charge on any atom is 0.411 e. The first-order valence-corrected chi connectivity index (χ1v) is 13.9. The van der Waals surface area contributed by atoms with Crippen molar-refractivity contribution in [3.8, 4) is 17.2 Å². The van der Waals surface area contributed by atoms with Crippen LogP contribution >= 0.6 is 0 Å². The molecule has 1 fully saturated rings. The number of carbonyl (C=O) groups is 3. The first-order valence-electron chi connectivity index (χ1n) is 13.9. The van der Waals surface area contributed by atoms with E-state index in [1.54, 1.807) is 69.9 Å². The van der Waals surface area contributed by atoms with Crippen LogP contribution in [0.2, 0.25) is 0 Å². The number of anilines is 1. The molecule has 0 radical (unpaired) electrons. The van der Waals surface area contributed by atoms with Crippen LogP contribution in [0, 0.1) is 5.41 Å². The van der Waals surface area contributed by atoms with Crippen LogP contribution in [-0.4, -0.2) is 52.7 Å². The molecule has 1 heterocycles. The molecule has 1 saturated heterocycles. The van der Waals surface area contributed by atoms with E-state index in [9.17, 15) is 19.5 Å². The summed E-state index contributed by atoms with van der Waals surface area (Å²) in [5.41, 5.74) is -0.415. The zero-order valence-electron chi connectivity index (χ0n) is 24.7. The molecular formula is C33H38N2O7. The smallest absolute Gasteiger partial charge is 0.411 e. The molecule has 1 aliphatic rings. The van der Waals surface area contributed by atoms with E-state index >= 15 is 0 Å². The van der Waals surface area contributed by atoms with Gasteiger partial charge in [-0.2, -0.15) is 0 Å². The molecule has 3 aromatic carbocycles. The minimum absolute atomic E-state index is 0.0707. The van der Waals surface area contributed by atoms with Gasteiger partial charge in [-0.05, 0) is 70.9 Å². The van der Waals surface area contributed by atoms with Crippen LogP contribution < -0.4 is 14.4 Å². The second-order valence-corrected chi connectivity index (χ2v) is 12.0. The maximum absolute atomic E-state index is 13.5. The third kappa shape index (κ3) is 7.60. The van der Waals surface area contributed by atoms with Crippen molar-refractivity contribution in [1.29, 1.82) is 0 Å². The Labute approximate surface area is 246 Å². The van der Waals surface area contributed by atoms with Crippen molar-refractivity contribution in [2.24, 2.45) is 5.41 Å². The highest BCUT2D eigenvalue weighted by atomic mass is 16.6. The standard InChI is InChI=1S/C33H38N2O7/c1-32(2,3)42-31(39)34-21-29(36)35(20-24(34)19-33(4,5)30(37)38)25-15-9-10-16-26(25)41-28-18-12-11-17-27(28)40-22-23-13-7-6-8-14-23/h6-18,24H,19-22H2,1-5H3,(H,37,38)/t24-/m0/s1. The van der Waals surface area contributed by atoms with Crippen LogP contribution in [0.1, 0.15) is 46.6 Å². The third-order valence-electron chi connectivity index (χ3n) is 6.86. The molecule has 1 N–H and O–H groups in total. The quantitative estimate of drug-likeness (QED) is 0.311. The second kappa shape index (κ2) is 12.5. The van der Waals surface area contributed by atoms with Gasteiger partial charge >= 0.3 is 12.1 Å². The predicted molar refractivity (Wildman–Crippen MR) is 159 cm³/mol. The van der Waals surface area contributed by atoms with Crippen LogP contribution in [0.3, 0.4) is 0 Å². The molecule has 2 amide bonds. The summed E-state index contributed by atoms with van der Waals surface area (Å²) in [4.78, 5) is 41.5. The van der Waals surface area contributed by atoms with E-state index in [0.717, 1.165) is 5.56 Å². The highest BCUT2D eigenvalue weighted by Crippen LogP contribution is 2.39. The van der Waals surface area contributed by atoms with E-state index in [1.165, 1.54) is 4.90 Å². The van der Waals surface area contributed by atoms with Gasteiger partial charge in [-0.15, -0.1) is 0 Å². The van der Waals surface area contributed by atoms with Crippen molar-refractivity contribution >= 4 is 23.7 Å². The van der Waals surface area contributed by atoms with E-state index < -0.39 is 29.1 Å². The molecule has 9 heteroatoms. The molecule has 1 aliphatic heterocycles. The summed E-state index contributed by atoms with van der Waals surface area (Å²) >= 11 is 0. The fourth-order valence-corrected chi connectivity index (χ4v) is 4.66. The summed E-state index contributed by atoms with van der Waals surface area (Å²) in [7, 11) is 0. The number of rotatable bonds is 9. The van der Waals surface area contributed by atoms with Crippen LogP contribution in [0.15, 0.2) is 78.9 Å². The Morgan fingerprint density at radius 3 is 2.10 bits per heavy atom. The molecule has 1 atom stereocenters. The van der Waals surface area contributed by atoms with Crippen LogP contribution in [0.25, 0.3) is 0 Å². The molecular weight excluding hydrogens is 536 g/mol. The first-order chi connectivity index (χ1) is 19.8. The molecule has 3 aromatic rings. The normalized spacial score (nSPS) is 15.7. The topological polar surface area (TPSA) is 106 Å². The molecule has 0 aliphatic carbocycles. The van der Waals surface area contributed by atoms with Gasteiger partial charge in [-0.25, -0.2) is 4.79 Å². The highest BCUT2D eigenvalue weighted by molar-refractivity contribution is 5.99. The Bertz CT molecular complexity index is 1420. The fraction of sp³-hybridized carbons (Fsp3) is 0.364. The Hall–Kier alpha value is -4.53. The number of para-hydroxylation sites is 4. The molecule has 4 rings (SSSR count). The van der Waals surface area contributed by atoms with Crippen molar-refractivity contribution < 1.29 is 33.7 Å². The van der Waals surface area contributed by atoms with E-state index in [4.69, 9.17) is 14.2 Å². The molecule has 9 nitrogen and oxygen atoms in total. The Balaban J connectivity index is 1.61. The average molecular weight is 575 g/mol. The van der Waals surface area contributed by atoms with Crippen molar-refractivity contribution in [2.45, 2.75) is 59.3 Å². The van der Waals surface area contributed by atoms with Crippen LogP contribution in [0.4, 0.5) is 10.5 Å². The summed E-state index contributed by atoms with van der Waals surface area (Å²) < 4.78 is 18.0. The molecule has 0 unspecified atom stereocenters. The number of amides is 2. The number of carboxylic acid groups (broad SMARTS) is 1. The van der Waals surface area contributed by atoms with Crippen LogP contribution in [0.5, 0.6) is 17.2 Å². The molecule has 42 heavy (non-hydrogen) atoms. The number of piperazine rings is 1. The SMILES string of the molecule is CC(C)(C)OC(=O)N1CC(=O)N(c2ccccc2Oc2ccccc2OCc2ccccc2)C[C@@H]1CC(C)(C)C(=O)O. The molecule has 0 saturated carbocycles. The number of hydrogen-bond donors (Lipinski definition) is 1. The van der Waals surface area contributed by atoms with Gasteiger partial charge in [0.1, 0.15) is 18.8 Å². The molecule has 0 spiro atoms. The Morgan fingerprint density at radius 1 is 0.857 bits per heavy atom. The van der Waals surface area contributed by atoms with E-state index in [1.807, 2.05) is 48.5 Å². The van der Waals surface area contributed by atoms with Gasteiger partial charge < -0.3 is 24.2 Å². The third-order valence-corrected chi connectivity index (χ3v) is 6.86. The predicted octanol–water partition coefficient (Wildman–Crippen LogP) is 6.51. The van der Waals surface area contributed by atoms with Gasteiger partial charge in [0.15, 0.2) is 17.2 Å². The first kappa shape index (κ1) is 30.4. The van der Waals surface area contributed by atoms with Gasteiger partial charge in [-0.1, -0.05) is 54.6 Å². The van der Waals surface area contributed by atoms with E-state index in [2.05, 4.69) is 0 Å². The monoisotopic (exact) mass is 574 g/mol. The van der Waals surface area contributed by atoms with E-state index in [-0.39, 0.29) is 25.4 Å². The van der Waals surface area contributed by atoms with Crippen molar-refractivity contribution in [3.63, 3.8) is 0 Å². The number of aliphatic carboxylic acids is 1. The van der Waals surface area contributed by atoms with Crippen molar-refractivity contribution in [3.05, 3.63) is 84.4 Å². The van der Waals surface area contributed by atoms with Crippen molar-refractivity contribution in [1.82, 2.24) is 4.90 Å². The lowest BCUT2D eigenvalue weighted by molar-refractivity contribution is -0.148.